The van der Waals surface area contributed by atoms with Crippen LogP contribution in [-0.2, 0) is 6.54 Å². The van der Waals surface area contributed by atoms with Crippen molar-refractivity contribution in [1.29, 1.82) is 0 Å². The maximum absolute atomic E-state index is 14.4. The molecule has 10 heteroatoms. The van der Waals surface area contributed by atoms with Crippen molar-refractivity contribution in [2.75, 3.05) is 5.73 Å². The Morgan fingerprint density at radius 3 is 2.80 bits per heavy atom. The molecule has 128 valence electrons. The van der Waals surface area contributed by atoms with Gasteiger partial charge in [0.1, 0.15) is 11.3 Å². The molecule has 4 rings (SSSR count). The first kappa shape index (κ1) is 15.4. The van der Waals surface area contributed by atoms with Crippen molar-refractivity contribution < 1.29 is 13.2 Å². The molecular weight excluding hydrogens is 335 g/mol. The summed E-state index contributed by atoms with van der Waals surface area (Å²) in [4.78, 5) is 12.4. The lowest BCUT2D eigenvalue weighted by molar-refractivity contribution is 0.127. The van der Waals surface area contributed by atoms with E-state index < -0.39 is 18.8 Å². The third-order valence-corrected chi connectivity index (χ3v) is 3.87. The molecule has 0 atom stereocenters. The van der Waals surface area contributed by atoms with Gasteiger partial charge in [0, 0.05) is 0 Å². The normalized spacial score (nSPS) is 11.9. The lowest BCUT2D eigenvalue weighted by atomic mass is 10.2. The lowest BCUT2D eigenvalue weighted by Gasteiger charge is -2.06. The van der Waals surface area contributed by atoms with Gasteiger partial charge in [0.25, 0.3) is 6.43 Å². The summed E-state index contributed by atoms with van der Waals surface area (Å²) in [6.07, 6.45) is -0.00470. The summed E-state index contributed by atoms with van der Waals surface area (Å²) >= 11 is 0. The topological polar surface area (TPSA) is 86.9 Å². The number of pyridine rings is 1. The number of halogens is 3. The third-order valence-electron chi connectivity index (χ3n) is 3.87. The second-order valence-electron chi connectivity index (χ2n) is 5.50. The van der Waals surface area contributed by atoms with Crippen LogP contribution in [0.5, 0.6) is 0 Å². The SMILES string of the molecule is Cc1nc2ccc(-c3c(F)cn4nc(N)ncc34)nc2n1CC(F)F. The van der Waals surface area contributed by atoms with Gasteiger partial charge in [0.2, 0.25) is 5.95 Å². The van der Waals surface area contributed by atoms with Gasteiger partial charge in [0.05, 0.1) is 35.7 Å². The molecule has 0 fully saturated rings. The number of anilines is 1. The van der Waals surface area contributed by atoms with E-state index in [0.29, 0.717) is 16.9 Å². The van der Waals surface area contributed by atoms with E-state index in [9.17, 15) is 13.2 Å². The van der Waals surface area contributed by atoms with E-state index >= 15 is 0 Å². The van der Waals surface area contributed by atoms with Crippen molar-refractivity contribution in [2.24, 2.45) is 0 Å². The van der Waals surface area contributed by atoms with Crippen molar-refractivity contribution in [3.8, 4) is 11.3 Å². The second kappa shape index (κ2) is 5.43. The van der Waals surface area contributed by atoms with Gasteiger partial charge < -0.3 is 10.3 Å². The Labute approximate surface area is 138 Å². The van der Waals surface area contributed by atoms with E-state index in [1.54, 1.807) is 19.1 Å². The van der Waals surface area contributed by atoms with Crippen LogP contribution in [0.2, 0.25) is 0 Å². The van der Waals surface area contributed by atoms with E-state index in [2.05, 4.69) is 20.1 Å². The fourth-order valence-electron chi connectivity index (χ4n) is 2.81. The van der Waals surface area contributed by atoms with Crippen molar-refractivity contribution in [1.82, 2.24) is 29.1 Å². The first-order chi connectivity index (χ1) is 11.9. The van der Waals surface area contributed by atoms with Gasteiger partial charge in [-0.1, -0.05) is 0 Å². The van der Waals surface area contributed by atoms with Gasteiger partial charge in [0.15, 0.2) is 11.5 Å². The van der Waals surface area contributed by atoms with E-state index in [4.69, 9.17) is 5.73 Å². The number of fused-ring (bicyclic) bond motifs is 2. The summed E-state index contributed by atoms with van der Waals surface area (Å²) in [6, 6.07) is 3.20. The fraction of sp³-hybridized carbons (Fsp3) is 0.200. The first-order valence-corrected chi connectivity index (χ1v) is 7.36. The minimum absolute atomic E-state index is 0.00287. The highest BCUT2D eigenvalue weighted by Gasteiger charge is 2.19. The Hall–Kier alpha value is -3.17. The monoisotopic (exact) mass is 347 g/mol. The molecule has 0 aromatic carbocycles. The van der Waals surface area contributed by atoms with Crippen molar-refractivity contribution in [3.05, 3.63) is 36.2 Å². The average Bonchev–Trinajstić information content (AvgIpc) is 3.02. The van der Waals surface area contributed by atoms with E-state index in [1.807, 2.05) is 0 Å². The fourth-order valence-corrected chi connectivity index (χ4v) is 2.81. The van der Waals surface area contributed by atoms with Gasteiger partial charge in [-0.2, -0.15) is 0 Å². The molecule has 0 amide bonds. The van der Waals surface area contributed by atoms with Gasteiger partial charge in [-0.25, -0.2) is 32.6 Å². The van der Waals surface area contributed by atoms with Crippen molar-refractivity contribution >= 4 is 22.6 Å². The predicted molar refractivity (Wildman–Crippen MR) is 84.6 cm³/mol. The Kier molecular flexibility index (Phi) is 3.34. The molecule has 0 spiro atoms. The van der Waals surface area contributed by atoms with Crippen LogP contribution in [0.15, 0.2) is 24.5 Å². The van der Waals surface area contributed by atoms with Crippen LogP contribution >= 0.6 is 0 Å². The molecule has 7 nitrogen and oxygen atoms in total. The molecule has 4 aromatic rings. The minimum Gasteiger partial charge on any atom is -0.367 e. The van der Waals surface area contributed by atoms with E-state index in [0.717, 1.165) is 6.20 Å². The molecule has 4 aromatic heterocycles. The van der Waals surface area contributed by atoms with Gasteiger partial charge in [-0.3, -0.25) is 0 Å². The smallest absolute Gasteiger partial charge is 0.256 e. The molecule has 0 radical (unpaired) electrons. The van der Waals surface area contributed by atoms with Crippen LogP contribution in [-0.4, -0.2) is 35.6 Å². The number of nitrogens with two attached hydrogens (primary N) is 1. The van der Waals surface area contributed by atoms with Gasteiger partial charge in [-0.05, 0) is 19.1 Å². The quantitative estimate of drug-likeness (QED) is 0.615. The van der Waals surface area contributed by atoms with Gasteiger partial charge >= 0.3 is 0 Å². The molecule has 25 heavy (non-hydrogen) atoms. The van der Waals surface area contributed by atoms with Crippen LogP contribution in [0.3, 0.4) is 0 Å². The summed E-state index contributed by atoms with van der Waals surface area (Å²) in [5.74, 6) is -0.148. The van der Waals surface area contributed by atoms with E-state index in [-0.39, 0.29) is 22.9 Å². The molecule has 0 aliphatic heterocycles. The second-order valence-corrected chi connectivity index (χ2v) is 5.50. The molecule has 0 aliphatic carbocycles. The molecule has 0 unspecified atom stereocenters. The number of nitrogen functional groups attached to an aromatic ring is 1. The van der Waals surface area contributed by atoms with Crippen molar-refractivity contribution in [2.45, 2.75) is 19.9 Å². The molecule has 4 heterocycles. The predicted octanol–water partition coefficient (Wildman–Crippen LogP) is 2.44. The number of hydrogen-bond acceptors (Lipinski definition) is 5. The number of aromatic nitrogens is 6. The van der Waals surface area contributed by atoms with Crippen LogP contribution in [0, 0.1) is 12.7 Å². The molecule has 0 bridgehead atoms. The number of nitrogens with zero attached hydrogens (tertiary/aromatic N) is 6. The maximum atomic E-state index is 14.4. The number of rotatable bonds is 3. The zero-order valence-corrected chi connectivity index (χ0v) is 13.0. The number of hydrogen-bond donors (Lipinski definition) is 1. The third kappa shape index (κ3) is 2.46. The first-order valence-electron chi connectivity index (χ1n) is 7.36. The molecular formula is C15H12F3N7. The van der Waals surface area contributed by atoms with Crippen LogP contribution in [0.1, 0.15) is 5.82 Å². The highest BCUT2D eigenvalue weighted by atomic mass is 19.3. The zero-order chi connectivity index (χ0) is 17.7. The zero-order valence-electron chi connectivity index (χ0n) is 13.0. The maximum Gasteiger partial charge on any atom is 0.256 e. The highest BCUT2D eigenvalue weighted by molar-refractivity contribution is 5.83. The van der Waals surface area contributed by atoms with Crippen LogP contribution in [0.25, 0.3) is 27.9 Å². The standard InChI is InChI=1S/C15H12F3N7/c1-7-21-10-3-2-9(22-14(10)24(7)6-12(17)18)13-8(16)5-25-11(13)4-20-15(19)23-25/h2-5,12H,6H2,1H3,(H2,19,23). The Balaban J connectivity index is 1.94. The number of imidazole rings is 1. The summed E-state index contributed by atoms with van der Waals surface area (Å²) < 4.78 is 42.6. The lowest BCUT2D eigenvalue weighted by Crippen LogP contribution is -2.09. The average molecular weight is 347 g/mol. The molecule has 0 saturated heterocycles. The largest absolute Gasteiger partial charge is 0.367 e. The summed E-state index contributed by atoms with van der Waals surface area (Å²) in [6.45, 7) is 1.09. The van der Waals surface area contributed by atoms with Crippen molar-refractivity contribution in [3.63, 3.8) is 0 Å². The molecule has 0 aliphatic rings. The van der Waals surface area contributed by atoms with Crippen LogP contribution in [0.4, 0.5) is 19.1 Å². The Bertz CT molecular complexity index is 1100. The summed E-state index contributed by atoms with van der Waals surface area (Å²) in [5, 5.41) is 3.90. The van der Waals surface area contributed by atoms with E-state index in [1.165, 1.54) is 15.3 Å². The molecule has 2 N–H and O–H groups in total. The Morgan fingerprint density at radius 2 is 2.04 bits per heavy atom. The summed E-state index contributed by atoms with van der Waals surface area (Å²) in [5.41, 5.74) is 7.05. The Morgan fingerprint density at radius 1 is 1.24 bits per heavy atom. The highest BCUT2D eigenvalue weighted by Crippen LogP contribution is 2.29. The minimum atomic E-state index is -2.55. The molecule has 0 saturated carbocycles. The van der Waals surface area contributed by atoms with Crippen LogP contribution < -0.4 is 5.73 Å². The number of aryl methyl sites for hydroxylation is 1. The number of alkyl halides is 2. The van der Waals surface area contributed by atoms with Gasteiger partial charge in [-0.15, -0.1) is 5.10 Å². The summed E-state index contributed by atoms with van der Waals surface area (Å²) in [7, 11) is 0.